The fourth-order valence-corrected chi connectivity index (χ4v) is 5.83. The average molecular weight is 521 g/mol. The van der Waals surface area contributed by atoms with E-state index >= 15 is 0 Å². The number of aliphatic imine (C=N–C) groups is 1. The SMILES string of the molecule is O=C1N(CCS(=O)(=O)c2ccccc2)c2ccccc2C[C@]12COC(c1ccc(OCCCO)cc1)=N2. The van der Waals surface area contributed by atoms with Gasteiger partial charge in [-0.25, -0.2) is 13.4 Å². The van der Waals surface area contributed by atoms with Crippen LogP contribution in [0.5, 0.6) is 5.75 Å². The van der Waals surface area contributed by atoms with Gasteiger partial charge in [-0.2, -0.15) is 0 Å². The summed E-state index contributed by atoms with van der Waals surface area (Å²) < 4.78 is 37.4. The number of sulfone groups is 1. The number of hydrogen-bond acceptors (Lipinski definition) is 7. The number of fused-ring (bicyclic) bond motifs is 1. The highest BCUT2D eigenvalue weighted by Crippen LogP contribution is 2.38. The van der Waals surface area contributed by atoms with Crippen molar-refractivity contribution in [2.45, 2.75) is 23.3 Å². The summed E-state index contributed by atoms with van der Waals surface area (Å²) >= 11 is 0. The van der Waals surface area contributed by atoms with Gasteiger partial charge in [0, 0.05) is 37.2 Å². The van der Waals surface area contributed by atoms with Crippen LogP contribution in [0.15, 0.2) is 88.8 Å². The largest absolute Gasteiger partial charge is 0.494 e. The van der Waals surface area contributed by atoms with Crippen molar-refractivity contribution in [3.8, 4) is 5.75 Å². The number of benzene rings is 3. The molecule has 1 atom stereocenters. The molecule has 9 heteroatoms. The van der Waals surface area contributed by atoms with Gasteiger partial charge in [-0.15, -0.1) is 0 Å². The van der Waals surface area contributed by atoms with Crippen LogP contribution in [0.3, 0.4) is 0 Å². The predicted molar refractivity (Wildman–Crippen MR) is 140 cm³/mol. The van der Waals surface area contributed by atoms with Gasteiger partial charge >= 0.3 is 0 Å². The lowest BCUT2D eigenvalue weighted by Crippen LogP contribution is -2.55. The van der Waals surface area contributed by atoms with E-state index in [2.05, 4.69) is 0 Å². The predicted octanol–water partition coefficient (Wildman–Crippen LogP) is 3.03. The Bertz CT molecular complexity index is 1410. The Labute approximate surface area is 216 Å². The molecule has 1 spiro atoms. The number of aliphatic hydroxyl groups is 1. The smallest absolute Gasteiger partial charge is 0.258 e. The Morgan fingerprint density at radius 3 is 2.49 bits per heavy atom. The molecule has 0 radical (unpaired) electrons. The van der Waals surface area contributed by atoms with E-state index in [1.165, 1.54) is 4.90 Å². The normalized spacial score (nSPS) is 18.9. The Kier molecular flexibility index (Phi) is 6.99. The van der Waals surface area contributed by atoms with Gasteiger partial charge in [0.05, 0.1) is 17.3 Å². The van der Waals surface area contributed by atoms with Crippen molar-refractivity contribution in [2.24, 2.45) is 4.99 Å². The molecule has 1 amide bonds. The van der Waals surface area contributed by atoms with Gasteiger partial charge in [-0.3, -0.25) is 4.79 Å². The highest BCUT2D eigenvalue weighted by molar-refractivity contribution is 7.91. The zero-order valence-corrected chi connectivity index (χ0v) is 21.1. The zero-order valence-electron chi connectivity index (χ0n) is 20.2. The van der Waals surface area contributed by atoms with Gasteiger partial charge in [-0.05, 0) is 48.0 Å². The van der Waals surface area contributed by atoms with Crippen LogP contribution >= 0.6 is 0 Å². The van der Waals surface area contributed by atoms with Crippen LogP contribution in [0.1, 0.15) is 17.5 Å². The number of hydrogen-bond donors (Lipinski definition) is 1. The first-order valence-corrected chi connectivity index (χ1v) is 13.8. The minimum atomic E-state index is -3.57. The van der Waals surface area contributed by atoms with Gasteiger partial charge in [0.2, 0.25) is 5.90 Å². The maximum Gasteiger partial charge on any atom is 0.258 e. The van der Waals surface area contributed by atoms with Crippen LogP contribution in [0.4, 0.5) is 5.69 Å². The Hall–Kier alpha value is -3.69. The number of amides is 1. The Morgan fingerprint density at radius 1 is 1.00 bits per heavy atom. The fraction of sp³-hybridized carbons (Fsp3) is 0.286. The highest BCUT2D eigenvalue weighted by Gasteiger charge is 2.50. The Morgan fingerprint density at radius 2 is 1.73 bits per heavy atom. The number of aliphatic hydroxyl groups excluding tert-OH is 1. The van der Waals surface area contributed by atoms with Crippen LogP contribution in [0.25, 0.3) is 0 Å². The summed E-state index contributed by atoms with van der Waals surface area (Å²) in [6, 6.07) is 23.0. The van der Waals surface area contributed by atoms with E-state index in [0.717, 1.165) is 11.1 Å². The van der Waals surface area contributed by atoms with Crippen molar-refractivity contribution in [1.29, 1.82) is 0 Å². The van der Waals surface area contributed by atoms with E-state index in [-0.39, 0.29) is 36.3 Å². The third kappa shape index (κ3) is 5.10. The fourth-order valence-electron chi connectivity index (χ4n) is 4.60. The molecule has 0 aliphatic carbocycles. The monoisotopic (exact) mass is 520 g/mol. The molecule has 5 rings (SSSR count). The van der Waals surface area contributed by atoms with Crippen LogP contribution in [-0.2, 0) is 25.8 Å². The lowest BCUT2D eigenvalue weighted by atomic mass is 9.86. The molecule has 3 aromatic rings. The van der Waals surface area contributed by atoms with E-state index in [4.69, 9.17) is 19.6 Å². The van der Waals surface area contributed by atoms with Gasteiger partial charge in [0.1, 0.15) is 12.4 Å². The molecular formula is C28H28N2O6S. The first-order valence-electron chi connectivity index (χ1n) is 12.2. The summed E-state index contributed by atoms with van der Waals surface area (Å²) in [5, 5.41) is 8.91. The second-order valence-electron chi connectivity index (χ2n) is 9.08. The van der Waals surface area contributed by atoms with E-state index in [1.54, 1.807) is 42.5 Å². The zero-order chi connectivity index (χ0) is 25.9. The molecular weight excluding hydrogens is 492 g/mol. The molecule has 0 saturated carbocycles. The molecule has 192 valence electrons. The van der Waals surface area contributed by atoms with E-state index in [9.17, 15) is 13.2 Å². The molecule has 37 heavy (non-hydrogen) atoms. The third-order valence-electron chi connectivity index (χ3n) is 6.53. The molecule has 0 fully saturated rings. The van der Waals surface area contributed by atoms with Crippen molar-refractivity contribution in [3.63, 3.8) is 0 Å². The van der Waals surface area contributed by atoms with Crippen LogP contribution < -0.4 is 9.64 Å². The maximum absolute atomic E-state index is 13.8. The Balaban J connectivity index is 1.39. The number of anilines is 1. The number of rotatable bonds is 9. The number of carbonyl (C=O) groups is 1. The molecule has 2 aliphatic rings. The van der Waals surface area contributed by atoms with E-state index in [1.807, 2.05) is 36.4 Å². The van der Waals surface area contributed by atoms with Crippen molar-refractivity contribution < 1.29 is 27.8 Å². The number of para-hydroxylation sites is 1. The molecule has 0 saturated heterocycles. The second kappa shape index (κ2) is 10.4. The van der Waals surface area contributed by atoms with E-state index in [0.29, 0.717) is 36.8 Å². The van der Waals surface area contributed by atoms with Crippen LogP contribution in [0.2, 0.25) is 0 Å². The first-order chi connectivity index (χ1) is 17.9. The number of nitrogens with zero attached hydrogens (tertiary/aromatic N) is 2. The molecule has 8 nitrogen and oxygen atoms in total. The average Bonchev–Trinajstić information content (AvgIpc) is 3.35. The summed E-state index contributed by atoms with van der Waals surface area (Å²) in [6.45, 7) is 0.572. The van der Waals surface area contributed by atoms with Crippen LogP contribution in [-0.4, -0.2) is 63.0 Å². The summed E-state index contributed by atoms with van der Waals surface area (Å²) in [7, 11) is -3.57. The van der Waals surface area contributed by atoms with Gasteiger partial charge < -0.3 is 19.5 Å². The minimum Gasteiger partial charge on any atom is -0.494 e. The molecule has 2 aliphatic heterocycles. The van der Waals surface area contributed by atoms with Crippen molar-refractivity contribution in [3.05, 3.63) is 90.0 Å². The molecule has 3 aromatic carbocycles. The molecule has 0 aromatic heterocycles. The number of ether oxygens (including phenoxy) is 2. The molecule has 0 bridgehead atoms. The highest BCUT2D eigenvalue weighted by atomic mass is 32.2. The van der Waals surface area contributed by atoms with Gasteiger partial charge in [0.15, 0.2) is 15.4 Å². The maximum atomic E-state index is 13.8. The van der Waals surface area contributed by atoms with Gasteiger partial charge in [-0.1, -0.05) is 36.4 Å². The topological polar surface area (TPSA) is 106 Å². The molecule has 1 N–H and O–H groups in total. The standard InChI is InChI=1S/C28H28N2O6S/c31-16-6-17-35-23-13-11-21(12-14-23)26-29-28(20-36-26)19-22-7-4-5-10-25(22)30(27(28)32)15-18-37(33,34)24-8-2-1-3-9-24/h1-5,7-14,31H,6,15-20H2/t28-/m0/s1. The third-order valence-corrected chi connectivity index (χ3v) is 8.24. The minimum absolute atomic E-state index is 0.0134. The summed E-state index contributed by atoms with van der Waals surface area (Å²) in [6.07, 6.45) is 0.919. The number of carbonyl (C=O) groups excluding carboxylic acids is 1. The first kappa shape index (κ1) is 25.0. The van der Waals surface area contributed by atoms with Gasteiger partial charge in [0.25, 0.3) is 5.91 Å². The quantitative estimate of drug-likeness (QED) is 0.435. The van der Waals surface area contributed by atoms with Crippen molar-refractivity contribution in [2.75, 3.05) is 37.0 Å². The molecule has 0 unspecified atom stereocenters. The van der Waals surface area contributed by atoms with Crippen LogP contribution in [0, 0.1) is 0 Å². The summed E-state index contributed by atoms with van der Waals surface area (Å²) in [5.41, 5.74) is 1.18. The lowest BCUT2D eigenvalue weighted by molar-refractivity contribution is -0.124. The summed E-state index contributed by atoms with van der Waals surface area (Å²) in [4.78, 5) is 20.4. The van der Waals surface area contributed by atoms with E-state index < -0.39 is 15.4 Å². The summed E-state index contributed by atoms with van der Waals surface area (Å²) in [5.74, 6) is 0.557. The van der Waals surface area contributed by atoms with Crippen molar-refractivity contribution >= 4 is 27.3 Å². The molecule has 2 heterocycles. The second-order valence-corrected chi connectivity index (χ2v) is 11.2. The van der Waals surface area contributed by atoms with Crippen molar-refractivity contribution in [1.82, 2.24) is 0 Å². The lowest BCUT2D eigenvalue weighted by Gasteiger charge is -2.37.